The predicted molar refractivity (Wildman–Crippen MR) is 233 cm³/mol. The molecular formula is C53H30N4. The van der Waals surface area contributed by atoms with E-state index in [9.17, 15) is 10.5 Å². The van der Waals surface area contributed by atoms with Gasteiger partial charge in [0.05, 0.1) is 40.9 Å². The van der Waals surface area contributed by atoms with E-state index in [2.05, 4.69) is 137 Å². The van der Waals surface area contributed by atoms with E-state index in [1.54, 1.807) is 0 Å². The van der Waals surface area contributed by atoms with E-state index >= 15 is 0 Å². The van der Waals surface area contributed by atoms with Crippen LogP contribution < -0.4 is 0 Å². The monoisotopic (exact) mass is 722 g/mol. The summed E-state index contributed by atoms with van der Waals surface area (Å²) in [6.45, 7) is 8.22. The Morgan fingerprint density at radius 2 is 1.00 bits per heavy atom. The van der Waals surface area contributed by atoms with E-state index in [1.807, 2.05) is 66.7 Å². The van der Waals surface area contributed by atoms with Gasteiger partial charge in [-0.3, -0.25) is 0 Å². The molecule has 0 saturated carbocycles. The van der Waals surface area contributed by atoms with Crippen LogP contribution in [0.3, 0.4) is 0 Å². The fraction of sp³-hybridized carbons (Fsp3) is 0. The fourth-order valence-electron chi connectivity index (χ4n) is 8.56. The maximum atomic E-state index is 10.5. The molecule has 10 aromatic rings. The van der Waals surface area contributed by atoms with E-state index in [-0.39, 0.29) is 0 Å². The molecule has 4 nitrogen and oxygen atoms in total. The summed E-state index contributed by atoms with van der Waals surface area (Å²) in [5.74, 6) is 0. The molecule has 10 rings (SSSR count). The van der Waals surface area contributed by atoms with Crippen molar-refractivity contribution in [3.05, 3.63) is 205 Å². The van der Waals surface area contributed by atoms with Crippen LogP contribution in [-0.2, 0) is 0 Å². The second kappa shape index (κ2) is 13.6. The molecule has 0 radical (unpaired) electrons. The normalized spacial score (nSPS) is 11.1. The summed E-state index contributed by atoms with van der Waals surface area (Å²) in [6.07, 6.45) is 0. The van der Waals surface area contributed by atoms with Crippen LogP contribution in [-0.4, -0.2) is 4.57 Å². The number of para-hydroxylation sites is 1. The number of aromatic nitrogens is 1. The van der Waals surface area contributed by atoms with Gasteiger partial charge in [-0.25, -0.2) is 4.85 Å². The third-order valence-electron chi connectivity index (χ3n) is 11.1. The average Bonchev–Trinajstić information content (AvgIpc) is 3.61. The number of fused-ring (bicyclic) bond motifs is 5. The standard InChI is InChI=1S/C53H30N4/c1-56-49-31-40(57-50-21-10-9-16-43(50)48-28-34(32-54)22-27-51(48)57)24-26-42(49)41-25-23-37(30-39(41)33-55)36-14-11-15-38(29-36)53-46-19-7-5-17-44(46)52(35-12-3-2-4-13-35)45-18-6-8-20-47(45)53/h2-31H. The molecule has 4 heteroatoms. The van der Waals surface area contributed by atoms with Crippen molar-refractivity contribution in [1.29, 1.82) is 10.5 Å². The molecule has 9 aromatic carbocycles. The zero-order chi connectivity index (χ0) is 38.5. The van der Waals surface area contributed by atoms with Crippen LogP contribution in [0.15, 0.2) is 182 Å². The maximum Gasteiger partial charge on any atom is 0.197 e. The lowest BCUT2D eigenvalue weighted by molar-refractivity contribution is 1.18. The van der Waals surface area contributed by atoms with Gasteiger partial charge >= 0.3 is 0 Å². The van der Waals surface area contributed by atoms with Crippen LogP contribution in [0.4, 0.5) is 5.69 Å². The summed E-state index contributed by atoms with van der Waals surface area (Å²) < 4.78 is 2.13. The smallest absolute Gasteiger partial charge is 0.197 e. The minimum Gasteiger partial charge on any atom is -0.311 e. The molecule has 0 bridgehead atoms. The number of benzene rings is 9. The highest BCUT2D eigenvalue weighted by Crippen LogP contribution is 2.45. The first-order valence-electron chi connectivity index (χ1n) is 18.7. The van der Waals surface area contributed by atoms with Gasteiger partial charge in [0.15, 0.2) is 5.69 Å². The molecule has 0 N–H and O–H groups in total. The fourth-order valence-corrected chi connectivity index (χ4v) is 8.56. The Morgan fingerprint density at radius 1 is 0.421 bits per heavy atom. The molecule has 0 atom stereocenters. The van der Waals surface area contributed by atoms with Gasteiger partial charge in [0.1, 0.15) is 0 Å². The van der Waals surface area contributed by atoms with Crippen LogP contribution in [0.25, 0.3) is 98.4 Å². The van der Waals surface area contributed by atoms with Gasteiger partial charge in [-0.2, -0.15) is 10.5 Å². The molecule has 0 fully saturated rings. The van der Waals surface area contributed by atoms with Crippen LogP contribution in [0, 0.1) is 29.2 Å². The van der Waals surface area contributed by atoms with Crippen molar-refractivity contribution < 1.29 is 0 Å². The maximum absolute atomic E-state index is 10.5. The Labute approximate surface area is 329 Å². The average molecular weight is 723 g/mol. The van der Waals surface area contributed by atoms with E-state index in [0.717, 1.165) is 44.2 Å². The molecule has 0 amide bonds. The molecule has 1 heterocycles. The molecule has 0 spiro atoms. The lowest BCUT2D eigenvalue weighted by Gasteiger charge is -2.18. The van der Waals surface area contributed by atoms with Crippen LogP contribution in [0.5, 0.6) is 0 Å². The predicted octanol–water partition coefficient (Wildman–Crippen LogP) is 14.1. The van der Waals surface area contributed by atoms with Gasteiger partial charge in [-0.05, 0) is 115 Å². The summed E-state index contributed by atoms with van der Waals surface area (Å²) in [4.78, 5) is 3.97. The molecule has 0 aliphatic carbocycles. The first-order chi connectivity index (χ1) is 28.1. The minimum atomic E-state index is 0.455. The zero-order valence-corrected chi connectivity index (χ0v) is 30.6. The Kier molecular flexibility index (Phi) is 7.94. The quantitative estimate of drug-likeness (QED) is 0.131. The molecule has 1 aromatic heterocycles. The second-order valence-electron chi connectivity index (χ2n) is 14.2. The molecule has 57 heavy (non-hydrogen) atoms. The SMILES string of the molecule is [C-]#[N+]c1cc(-n2c3ccccc3c3cc(C#N)ccc32)ccc1-c1ccc(-c2cccc(-c3c4ccccc4c(-c4ccccc4)c4ccccc34)c2)cc1C#N. The molecule has 0 saturated heterocycles. The van der Waals surface area contributed by atoms with Gasteiger partial charge in [0.2, 0.25) is 0 Å². The molecular weight excluding hydrogens is 693 g/mol. The van der Waals surface area contributed by atoms with E-state index in [0.29, 0.717) is 27.9 Å². The van der Waals surface area contributed by atoms with Crippen molar-refractivity contribution in [3.8, 4) is 62.3 Å². The topological polar surface area (TPSA) is 56.9 Å². The van der Waals surface area contributed by atoms with Crippen molar-refractivity contribution in [1.82, 2.24) is 4.57 Å². The van der Waals surface area contributed by atoms with E-state index in [1.165, 1.54) is 38.2 Å². The number of nitrogens with zero attached hydrogens (tertiary/aromatic N) is 4. The lowest BCUT2D eigenvalue weighted by atomic mass is 9.85. The third kappa shape index (κ3) is 5.43. The summed E-state index contributed by atoms with van der Waals surface area (Å²) in [5, 5.41) is 26.9. The van der Waals surface area contributed by atoms with E-state index in [4.69, 9.17) is 6.57 Å². The molecule has 0 unspecified atom stereocenters. The zero-order valence-electron chi connectivity index (χ0n) is 30.6. The first-order valence-corrected chi connectivity index (χ1v) is 18.7. The van der Waals surface area contributed by atoms with Crippen molar-refractivity contribution in [3.63, 3.8) is 0 Å². The van der Waals surface area contributed by atoms with Crippen LogP contribution in [0.2, 0.25) is 0 Å². The van der Waals surface area contributed by atoms with Gasteiger partial charge in [-0.15, -0.1) is 0 Å². The summed E-state index contributed by atoms with van der Waals surface area (Å²) in [7, 11) is 0. The van der Waals surface area contributed by atoms with Crippen molar-refractivity contribution in [2.24, 2.45) is 0 Å². The molecule has 0 aliphatic rings. The molecule has 262 valence electrons. The summed E-state index contributed by atoms with van der Waals surface area (Å²) >= 11 is 0. The third-order valence-corrected chi connectivity index (χ3v) is 11.1. The highest BCUT2D eigenvalue weighted by atomic mass is 15.0. The van der Waals surface area contributed by atoms with Gasteiger partial charge in [0, 0.05) is 16.5 Å². The molecule has 0 aliphatic heterocycles. The minimum absolute atomic E-state index is 0.455. The van der Waals surface area contributed by atoms with Gasteiger partial charge in [-0.1, -0.05) is 133 Å². The summed E-state index contributed by atoms with van der Waals surface area (Å²) in [6, 6.07) is 66.7. The van der Waals surface area contributed by atoms with Crippen LogP contribution in [0.1, 0.15) is 11.1 Å². The van der Waals surface area contributed by atoms with Gasteiger partial charge < -0.3 is 4.57 Å². The number of nitriles is 2. The van der Waals surface area contributed by atoms with Crippen molar-refractivity contribution in [2.45, 2.75) is 0 Å². The number of hydrogen-bond acceptors (Lipinski definition) is 2. The first kappa shape index (κ1) is 33.3. The Bertz CT molecular complexity index is 3330. The highest BCUT2D eigenvalue weighted by Gasteiger charge is 2.19. The summed E-state index contributed by atoms with van der Waals surface area (Å²) in [5.41, 5.74) is 12.4. The second-order valence-corrected chi connectivity index (χ2v) is 14.2. The van der Waals surface area contributed by atoms with E-state index < -0.39 is 0 Å². The lowest BCUT2D eigenvalue weighted by Crippen LogP contribution is -1.95. The Balaban J connectivity index is 1.07. The number of rotatable bonds is 5. The Morgan fingerprint density at radius 3 is 1.68 bits per heavy atom. The Hall–Kier alpha value is -8.23. The largest absolute Gasteiger partial charge is 0.311 e. The van der Waals surface area contributed by atoms with Gasteiger partial charge in [0.25, 0.3) is 0 Å². The van der Waals surface area contributed by atoms with Crippen molar-refractivity contribution in [2.75, 3.05) is 0 Å². The highest BCUT2D eigenvalue weighted by molar-refractivity contribution is 6.21. The van der Waals surface area contributed by atoms with Crippen molar-refractivity contribution >= 4 is 49.0 Å². The van der Waals surface area contributed by atoms with Crippen LogP contribution >= 0.6 is 0 Å². The number of hydrogen-bond donors (Lipinski definition) is 0.